The number of fused-ring (bicyclic) bond motifs is 1. The van der Waals surface area contributed by atoms with Crippen LogP contribution in [0.15, 0.2) is 36.4 Å². The van der Waals surface area contributed by atoms with Crippen molar-refractivity contribution in [3.8, 4) is 5.75 Å². The number of carbonyl (C=O) groups excluding carboxylic acids is 2. The maximum absolute atomic E-state index is 13.5. The summed E-state index contributed by atoms with van der Waals surface area (Å²) in [7, 11) is 0. The van der Waals surface area contributed by atoms with Gasteiger partial charge in [-0.1, -0.05) is 11.6 Å². The summed E-state index contributed by atoms with van der Waals surface area (Å²) in [6.07, 6.45) is 0.358. The van der Waals surface area contributed by atoms with Gasteiger partial charge < -0.3 is 9.47 Å². The molecule has 1 aliphatic rings. The van der Waals surface area contributed by atoms with E-state index in [1.165, 1.54) is 0 Å². The average Bonchev–Trinajstić information content (AvgIpc) is 2.60. The minimum Gasteiger partial charge on any atom is -0.492 e. The van der Waals surface area contributed by atoms with Crippen molar-refractivity contribution in [2.24, 2.45) is 5.92 Å². The van der Waals surface area contributed by atoms with Crippen molar-refractivity contribution in [3.63, 3.8) is 0 Å². The molecule has 0 radical (unpaired) electrons. The minimum atomic E-state index is -0.869. The summed E-state index contributed by atoms with van der Waals surface area (Å²) < 4.78 is 37.1. The van der Waals surface area contributed by atoms with E-state index in [1.54, 1.807) is 18.2 Å². The van der Waals surface area contributed by atoms with Crippen LogP contribution in [0.4, 0.5) is 8.78 Å². The molecule has 0 amide bonds. The molecule has 0 saturated carbocycles. The van der Waals surface area contributed by atoms with Crippen LogP contribution in [0.25, 0.3) is 0 Å². The summed E-state index contributed by atoms with van der Waals surface area (Å²) in [5.41, 5.74) is 0.313. The number of ketones is 1. The van der Waals surface area contributed by atoms with Gasteiger partial charge in [-0.2, -0.15) is 0 Å². The number of hydrogen-bond acceptors (Lipinski definition) is 4. The molecule has 1 atom stereocenters. The second-order valence-electron chi connectivity index (χ2n) is 5.62. The smallest absolute Gasteiger partial charge is 0.313 e. The number of benzene rings is 2. The van der Waals surface area contributed by atoms with E-state index in [4.69, 9.17) is 21.1 Å². The van der Waals surface area contributed by atoms with E-state index in [9.17, 15) is 18.4 Å². The standard InChI is InChI=1S/C18H13ClF2O4/c19-12-1-4-17-10(6-12)5-11(8-24-17)18(23)25-9-16(22)14-7-13(20)2-3-15(14)21/h1-4,6-7,11H,5,8-9H2/t11-/m1/s1. The van der Waals surface area contributed by atoms with Crippen molar-refractivity contribution in [3.05, 3.63) is 64.2 Å². The Bertz CT molecular complexity index is 838. The SMILES string of the molecule is O=C(COC(=O)[C@H]1COc2ccc(Cl)cc2C1)c1cc(F)ccc1F. The van der Waals surface area contributed by atoms with Gasteiger partial charge in [0.05, 0.1) is 11.5 Å². The van der Waals surface area contributed by atoms with Crippen LogP contribution in [-0.4, -0.2) is 25.0 Å². The minimum absolute atomic E-state index is 0.107. The van der Waals surface area contributed by atoms with Gasteiger partial charge in [-0.05, 0) is 48.4 Å². The molecule has 3 rings (SSSR count). The molecule has 0 N–H and O–H groups in total. The molecule has 0 aromatic heterocycles. The third kappa shape index (κ3) is 3.96. The van der Waals surface area contributed by atoms with Gasteiger partial charge in [0.15, 0.2) is 6.61 Å². The summed E-state index contributed by atoms with van der Waals surface area (Å²) in [5.74, 6) is -3.03. The molecule has 0 unspecified atom stereocenters. The fourth-order valence-electron chi connectivity index (χ4n) is 2.56. The van der Waals surface area contributed by atoms with E-state index < -0.39 is 41.5 Å². The van der Waals surface area contributed by atoms with E-state index >= 15 is 0 Å². The summed E-state index contributed by atoms with van der Waals surface area (Å²) in [6.45, 7) is -0.561. The first-order valence-electron chi connectivity index (χ1n) is 7.50. The number of ether oxygens (including phenoxy) is 2. The zero-order chi connectivity index (χ0) is 18.0. The lowest BCUT2D eigenvalue weighted by Gasteiger charge is -2.24. The maximum atomic E-state index is 13.5. The van der Waals surface area contributed by atoms with Crippen LogP contribution in [0.2, 0.25) is 5.02 Å². The largest absolute Gasteiger partial charge is 0.492 e. The number of Topliss-reactive ketones (excluding diaryl/α,β-unsaturated/α-hetero) is 1. The summed E-state index contributed by atoms with van der Waals surface area (Å²) in [5, 5.41) is 0.521. The van der Waals surface area contributed by atoms with Crippen molar-refractivity contribution in [1.82, 2.24) is 0 Å². The lowest BCUT2D eigenvalue weighted by Crippen LogP contribution is -2.31. The van der Waals surface area contributed by atoms with Crippen molar-refractivity contribution in [2.45, 2.75) is 6.42 Å². The van der Waals surface area contributed by atoms with Crippen molar-refractivity contribution >= 4 is 23.4 Å². The van der Waals surface area contributed by atoms with Gasteiger partial charge in [0.1, 0.15) is 24.0 Å². The van der Waals surface area contributed by atoms with Gasteiger partial charge in [0.25, 0.3) is 0 Å². The molecule has 4 nitrogen and oxygen atoms in total. The Balaban J connectivity index is 1.61. The first-order valence-corrected chi connectivity index (χ1v) is 7.88. The van der Waals surface area contributed by atoms with E-state index in [2.05, 4.69) is 0 Å². The van der Waals surface area contributed by atoms with E-state index in [0.717, 1.165) is 23.8 Å². The van der Waals surface area contributed by atoms with Crippen LogP contribution in [0, 0.1) is 17.6 Å². The fraction of sp³-hybridized carbons (Fsp3) is 0.222. The van der Waals surface area contributed by atoms with Crippen LogP contribution < -0.4 is 4.74 Å². The highest BCUT2D eigenvalue weighted by molar-refractivity contribution is 6.30. The summed E-state index contributed by atoms with van der Waals surface area (Å²) in [4.78, 5) is 24.0. The zero-order valence-corrected chi connectivity index (χ0v) is 13.7. The third-order valence-corrected chi connectivity index (χ3v) is 4.07. The predicted octanol–water partition coefficient (Wildman–Crippen LogP) is 3.60. The Hall–Kier alpha value is -2.47. The van der Waals surface area contributed by atoms with Gasteiger partial charge >= 0.3 is 5.97 Å². The highest BCUT2D eigenvalue weighted by Crippen LogP contribution is 2.30. The number of hydrogen-bond donors (Lipinski definition) is 0. The molecule has 0 bridgehead atoms. The van der Waals surface area contributed by atoms with Crippen LogP contribution in [0.1, 0.15) is 15.9 Å². The molecule has 1 aliphatic heterocycles. The zero-order valence-electron chi connectivity index (χ0n) is 12.9. The molecule has 2 aromatic carbocycles. The topological polar surface area (TPSA) is 52.6 Å². The monoisotopic (exact) mass is 366 g/mol. The highest BCUT2D eigenvalue weighted by atomic mass is 35.5. The van der Waals surface area contributed by atoms with Crippen LogP contribution in [0.5, 0.6) is 5.75 Å². The molecule has 2 aromatic rings. The van der Waals surface area contributed by atoms with Gasteiger partial charge in [0.2, 0.25) is 5.78 Å². The van der Waals surface area contributed by atoms with E-state index in [0.29, 0.717) is 17.2 Å². The molecule has 130 valence electrons. The molecule has 7 heteroatoms. The summed E-state index contributed by atoms with van der Waals surface area (Å²) in [6, 6.07) is 7.62. The van der Waals surface area contributed by atoms with Gasteiger partial charge in [-0.25, -0.2) is 8.78 Å². The lowest BCUT2D eigenvalue weighted by molar-refractivity contribution is -0.148. The number of halogens is 3. The number of rotatable bonds is 4. The number of esters is 1. The molecule has 0 aliphatic carbocycles. The lowest BCUT2D eigenvalue weighted by atomic mass is 9.97. The normalized spacial score (nSPS) is 15.9. The molecule has 0 spiro atoms. The highest BCUT2D eigenvalue weighted by Gasteiger charge is 2.28. The van der Waals surface area contributed by atoms with Gasteiger partial charge in [-0.3, -0.25) is 9.59 Å². The molecule has 25 heavy (non-hydrogen) atoms. The molecular formula is C18H13ClF2O4. The Morgan fingerprint density at radius 1 is 1.20 bits per heavy atom. The Morgan fingerprint density at radius 3 is 2.80 bits per heavy atom. The van der Waals surface area contributed by atoms with Crippen molar-refractivity contribution in [2.75, 3.05) is 13.2 Å². The maximum Gasteiger partial charge on any atom is 0.313 e. The van der Waals surface area contributed by atoms with Crippen molar-refractivity contribution in [1.29, 1.82) is 0 Å². The van der Waals surface area contributed by atoms with Gasteiger partial charge in [-0.15, -0.1) is 0 Å². The Kier molecular flexibility index (Phi) is 4.99. The Labute approximate surface area is 147 Å². The fourth-order valence-corrected chi connectivity index (χ4v) is 2.75. The second kappa shape index (κ2) is 7.19. The van der Waals surface area contributed by atoms with E-state index in [-0.39, 0.29) is 6.61 Å². The molecule has 1 heterocycles. The molecular weight excluding hydrogens is 354 g/mol. The van der Waals surface area contributed by atoms with Crippen LogP contribution >= 0.6 is 11.6 Å². The molecule has 0 saturated heterocycles. The van der Waals surface area contributed by atoms with Crippen molar-refractivity contribution < 1.29 is 27.8 Å². The van der Waals surface area contributed by atoms with Gasteiger partial charge in [0, 0.05) is 5.02 Å². The number of carbonyl (C=O) groups is 2. The first kappa shape index (κ1) is 17.4. The predicted molar refractivity (Wildman–Crippen MR) is 85.8 cm³/mol. The van der Waals surface area contributed by atoms with Crippen LogP contribution in [-0.2, 0) is 16.0 Å². The second-order valence-corrected chi connectivity index (χ2v) is 6.06. The summed E-state index contributed by atoms with van der Waals surface area (Å²) >= 11 is 5.92. The molecule has 0 fully saturated rings. The average molecular weight is 367 g/mol. The van der Waals surface area contributed by atoms with Crippen LogP contribution in [0.3, 0.4) is 0 Å². The Morgan fingerprint density at radius 2 is 2.00 bits per heavy atom. The van der Waals surface area contributed by atoms with E-state index in [1.807, 2.05) is 0 Å². The quantitative estimate of drug-likeness (QED) is 0.613. The first-order chi connectivity index (χ1) is 11.9. The third-order valence-electron chi connectivity index (χ3n) is 3.84.